The van der Waals surface area contributed by atoms with Gasteiger partial charge in [0.15, 0.2) is 0 Å². The minimum atomic E-state index is -3.01. The van der Waals surface area contributed by atoms with Gasteiger partial charge < -0.3 is 15.1 Å². The number of piperazine rings is 1. The quantitative estimate of drug-likeness (QED) is 0.806. The van der Waals surface area contributed by atoms with E-state index in [-0.39, 0.29) is 24.4 Å². The SMILES string of the molecule is CN1CCN(C(=O)/C=C2/c3ccccc3NCCC2(F)F)CC1. The number of carbonyl (C=O) groups excluding carboxylic acids is 1. The van der Waals surface area contributed by atoms with Gasteiger partial charge in [-0.15, -0.1) is 0 Å². The standard InChI is InChI=1S/C17H21F2N3O/c1-21-8-10-22(11-9-21)16(23)12-14-13-4-2-3-5-15(13)20-7-6-17(14,18)19/h2-5,12,20H,6-11H2,1H3/b14-12-. The lowest BCUT2D eigenvalue weighted by molar-refractivity contribution is -0.127. The van der Waals surface area contributed by atoms with Crippen LogP contribution in [-0.2, 0) is 4.79 Å². The average Bonchev–Trinajstić information content (AvgIpc) is 2.65. The Morgan fingerprint density at radius 2 is 1.91 bits per heavy atom. The van der Waals surface area contributed by atoms with Crippen molar-refractivity contribution >= 4 is 17.2 Å². The summed E-state index contributed by atoms with van der Waals surface area (Å²) in [5.41, 5.74) is 0.890. The number of likely N-dealkylation sites (N-methyl/N-ethyl adjacent to an activating group) is 1. The van der Waals surface area contributed by atoms with Crippen molar-refractivity contribution in [3.8, 4) is 0 Å². The van der Waals surface area contributed by atoms with Gasteiger partial charge in [0.1, 0.15) is 0 Å². The van der Waals surface area contributed by atoms with Crippen molar-refractivity contribution in [3.63, 3.8) is 0 Å². The summed E-state index contributed by atoms with van der Waals surface area (Å²) in [4.78, 5) is 16.2. The molecule has 0 saturated carbocycles. The number of benzene rings is 1. The van der Waals surface area contributed by atoms with Crippen LogP contribution in [-0.4, -0.2) is 61.4 Å². The summed E-state index contributed by atoms with van der Waals surface area (Å²) < 4.78 is 29.0. The number of allylic oxidation sites excluding steroid dienone is 1. The van der Waals surface area contributed by atoms with Gasteiger partial charge in [-0.3, -0.25) is 4.79 Å². The van der Waals surface area contributed by atoms with E-state index in [9.17, 15) is 13.6 Å². The summed E-state index contributed by atoms with van der Waals surface area (Å²) in [5.74, 6) is -3.34. The Hall–Kier alpha value is -1.95. The maximum Gasteiger partial charge on any atom is 0.275 e. The number of halogens is 2. The molecule has 1 saturated heterocycles. The Labute approximate surface area is 134 Å². The number of rotatable bonds is 1. The van der Waals surface area contributed by atoms with Crippen LogP contribution in [0.25, 0.3) is 5.57 Å². The van der Waals surface area contributed by atoms with E-state index in [4.69, 9.17) is 0 Å². The van der Waals surface area contributed by atoms with Crippen LogP contribution in [0, 0.1) is 0 Å². The Morgan fingerprint density at radius 1 is 1.22 bits per heavy atom. The molecule has 1 amide bonds. The normalized spacial score (nSPS) is 23.1. The Kier molecular flexibility index (Phi) is 4.35. The second-order valence-electron chi connectivity index (χ2n) is 6.11. The molecule has 124 valence electrons. The third-order valence-electron chi connectivity index (χ3n) is 4.45. The smallest absolute Gasteiger partial charge is 0.275 e. The largest absolute Gasteiger partial charge is 0.384 e. The van der Waals surface area contributed by atoms with Gasteiger partial charge in [-0.05, 0) is 13.1 Å². The molecule has 2 heterocycles. The lowest BCUT2D eigenvalue weighted by Crippen LogP contribution is -2.46. The van der Waals surface area contributed by atoms with Crippen LogP contribution >= 0.6 is 0 Å². The first-order valence-electron chi connectivity index (χ1n) is 7.88. The molecule has 1 aromatic rings. The molecule has 0 atom stereocenters. The van der Waals surface area contributed by atoms with Crippen molar-refractivity contribution in [1.29, 1.82) is 0 Å². The molecule has 0 bridgehead atoms. The van der Waals surface area contributed by atoms with Crippen LogP contribution in [0.5, 0.6) is 0 Å². The summed E-state index contributed by atoms with van der Waals surface area (Å²) >= 11 is 0. The van der Waals surface area contributed by atoms with E-state index >= 15 is 0 Å². The van der Waals surface area contributed by atoms with Gasteiger partial charge >= 0.3 is 0 Å². The molecule has 6 heteroatoms. The maximum absolute atomic E-state index is 14.5. The van der Waals surface area contributed by atoms with Gasteiger partial charge in [-0.1, -0.05) is 18.2 Å². The van der Waals surface area contributed by atoms with Crippen LogP contribution < -0.4 is 5.32 Å². The number of nitrogens with one attached hydrogen (secondary N) is 1. The first kappa shape index (κ1) is 15.9. The zero-order valence-corrected chi connectivity index (χ0v) is 13.2. The predicted octanol–water partition coefficient (Wildman–Crippen LogP) is 2.29. The third-order valence-corrected chi connectivity index (χ3v) is 4.45. The molecule has 2 aliphatic rings. The first-order valence-corrected chi connectivity index (χ1v) is 7.88. The number of amides is 1. The second-order valence-corrected chi connectivity index (χ2v) is 6.11. The van der Waals surface area contributed by atoms with Gasteiger partial charge in [-0.2, -0.15) is 0 Å². The van der Waals surface area contributed by atoms with E-state index in [1.165, 1.54) is 0 Å². The minimum absolute atomic E-state index is 0.179. The molecule has 4 nitrogen and oxygen atoms in total. The lowest BCUT2D eigenvalue weighted by atomic mass is 9.97. The first-order chi connectivity index (χ1) is 11.0. The Balaban J connectivity index is 1.93. The molecule has 0 aliphatic carbocycles. The average molecular weight is 321 g/mol. The Bertz CT molecular complexity index is 622. The highest BCUT2D eigenvalue weighted by Crippen LogP contribution is 2.40. The van der Waals surface area contributed by atoms with Crippen molar-refractivity contribution in [2.45, 2.75) is 12.3 Å². The molecular formula is C17H21F2N3O. The summed E-state index contributed by atoms with van der Waals surface area (Å²) in [7, 11) is 1.99. The topological polar surface area (TPSA) is 35.6 Å². The molecule has 0 unspecified atom stereocenters. The van der Waals surface area contributed by atoms with Crippen LogP contribution in [0.2, 0.25) is 0 Å². The third kappa shape index (κ3) is 3.37. The van der Waals surface area contributed by atoms with Crippen molar-refractivity contribution < 1.29 is 13.6 Å². The van der Waals surface area contributed by atoms with Gasteiger partial charge in [-0.25, -0.2) is 8.78 Å². The highest BCUT2D eigenvalue weighted by Gasteiger charge is 2.38. The molecule has 1 aromatic carbocycles. The van der Waals surface area contributed by atoms with Crippen LogP contribution in [0.3, 0.4) is 0 Å². The predicted molar refractivity (Wildman–Crippen MR) is 86.5 cm³/mol. The van der Waals surface area contributed by atoms with Crippen LogP contribution in [0.1, 0.15) is 12.0 Å². The van der Waals surface area contributed by atoms with E-state index in [1.807, 2.05) is 7.05 Å². The molecule has 0 aromatic heterocycles. The van der Waals surface area contributed by atoms with Crippen molar-refractivity contribution in [3.05, 3.63) is 35.9 Å². The minimum Gasteiger partial charge on any atom is -0.384 e. The number of hydrogen-bond donors (Lipinski definition) is 1. The van der Waals surface area contributed by atoms with Gasteiger partial charge in [0.05, 0.1) is 0 Å². The van der Waals surface area contributed by atoms with Gasteiger partial charge in [0.25, 0.3) is 5.92 Å². The number of fused-ring (bicyclic) bond motifs is 1. The molecule has 2 aliphatic heterocycles. The number of alkyl halides is 2. The van der Waals surface area contributed by atoms with Crippen molar-refractivity contribution in [2.75, 3.05) is 45.1 Å². The lowest BCUT2D eigenvalue weighted by Gasteiger charge is -2.32. The summed E-state index contributed by atoms with van der Waals surface area (Å²) in [6.07, 6.45) is 0.820. The van der Waals surface area contributed by atoms with Crippen LogP contribution in [0.4, 0.5) is 14.5 Å². The van der Waals surface area contributed by atoms with E-state index in [2.05, 4.69) is 10.2 Å². The summed E-state index contributed by atoms with van der Waals surface area (Å²) in [5, 5.41) is 3.02. The molecule has 3 rings (SSSR count). The fraction of sp³-hybridized carbons (Fsp3) is 0.471. The second kappa shape index (κ2) is 6.28. The van der Waals surface area contributed by atoms with Crippen LogP contribution in [0.15, 0.2) is 30.3 Å². The maximum atomic E-state index is 14.5. The molecule has 0 spiro atoms. The number of carbonyl (C=O) groups is 1. The molecular weight excluding hydrogens is 300 g/mol. The molecule has 0 radical (unpaired) electrons. The van der Waals surface area contributed by atoms with Gasteiger partial charge in [0.2, 0.25) is 5.91 Å². The van der Waals surface area contributed by atoms with E-state index in [0.717, 1.165) is 19.2 Å². The molecule has 1 fully saturated rings. The fourth-order valence-electron chi connectivity index (χ4n) is 2.98. The summed E-state index contributed by atoms with van der Waals surface area (Å²) in [6.45, 7) is 2.87. The zero-order valence-electron chi connectivity index (χ0n) is 13.2. The van der Waals surface area contributed by atoms with E-state index in [0.29, 0.717) is 24.3 Å². The van der Waals surface area contributed by atoms with Crippen molar-refractivity contribution in [2.24, 2.45) is 0 Å². The monoisotopic (exact) mass is 321 g/mol. The Morgan fingerprint density at radius 3 is 2.65 bits per heavy atom. The number of anilines is 1. The number of nitrogens with zero attached hydrogens (tertiary/aromatic N) is 2. The van der Waals surface area contributed by atoms with E-state index in [1.54, 1.807) is 29.2 Å². The fourth-order valence-corrected chi connectivity index (χ4v) is 2.98. The number of para-hydroxylation sites is 1. The highest BCUT2D eigenvalue weighted by atomic mass is 19.3. The van der Waals surface area contributed by atoms with Gasteiger partial charge in [0, 0.05) is 62.0 Å². The summed E-state index contributed by atoms with van der Waals surface area (Å²) in [6, 6.07) is 6.93. The van der Waals surface area contributed by atoms with Crippen molar-refractivity contribution in [1.82, 2.24) is 9.80 Å². The molecule has 23 heavy (non-hydrogen) atoms. The van der Waals surface area contributed by atoms with E-state index < -0.39 is 5.92 Å². The zero-order chi connectivity index (χ0) is 16.4. The number of hydrogen-bond acceptors (Lipinski definition) is 3. The molecule has 1 N–H and O–H groups in total. The highest BCUT2D eigenvalue weighted by molar-refractivity contribution is 5.98.